The van der Waals surface area contributed by atoms with Gasteiger partial charge < -0.3 is 0 Å². The molecule has 0 aliphatic rings. The van der Waals surface area contributed by atoms with Crippen molar-refractivity contribution < 1.29 is 0 Å². The molecule has 0 spiro atoms. The van der Waals surface area contributed by atoms with Crippen LogP contribution in [0.3, 0.4) is 0 Å². The van der Waals surface area contributed by atoms with Gasteiger partial charge in [-0.2, -0.15) is 0 Å². The quantitative estimate of drug-likeness (QED) is 0.604. The average Bonchev–Trinajstić information content (AvgIpc) is 2.13. The zero-order chi connectivity index (χ0) is 13.0. The van der Waals surface area contributed by atoms with E-state index in [9.17, 15) is 0 Å². The molecule has 2 heteroatoms. The van der Waals surface area contributed by atoms with Crippen LogP contribution in [0, 0.1) is 10.8 Å². The summed E-state index contributed by atoms with van der Waals surface area (Å²) in [5, 5.41) is 0.394. The van der Waals surface area contributed by atoms with Gasteiger partial charge >= 0.3 is 0 Å². The molecule has 0 amide bonds. The van der Waals surface area contributed by atoms with Crippen LogP contribution in [0.25, 0.3) is 0 Å². The zero-order valence-corrected chi connectivity index (χ0v) is 13.0. The van der Waals surface area contributed by atoms with Gasteiger partial charge in [-0.3, -0.25) is 0 Å². The van der Waals surface area contributed by atoms with Crippen LogP contribution in [0.2, 0.25) is 5.21 Å². The highest BCUT2D eigenvalue weighted by Gasteiger charge is 2.46. The lowest BCUT2D eigenvalue weighted by Crippen LogP contribution is -2.44. The van der Waals surface area contributed by atoms with Gasteiger partial charge in [0.2, 0.25) is 0 Å². The van der Waals surface area contributed by atoms with Crippen molar-refractivity contribution in [3.8, 4) is 0 Å². The minimum Gasteiger partial charge on any atom is -0.0747 e. The maximum atomic E-state index is 2.51. The first-order valence-corrected chi connectivity index (χ1v) is 7.12. The van der Waals surface area contributed by atoms with Crippen LogP contribution in [-0.4, -0.2) is 15.7 Å². The second-order valence-electron chi connectivity index (χ2n) is 7.29. The van der Waals surface area contributed by atoms with Crippen LogP contribution in [0.4, 0.5) is 0 Å². The molecule has 0 radical (unpaired) electrons. The van der Waals surface area contributed by atoms with Gasteiger partial charge in [-0.05, 0) is 23.7 Å². The fraction of sp³-hybridized carbons (Fsp3) is 1.00. The minimum atomic E-state index is 0.380. The zero-order valence-electron chi connectivity index (χ0n) is 13.0. The summed E-state index contributed by atoms with van der Waals surface area (Å²) < 4.78 is 0. The molecule has 1 atom stereocenters. The normalized spacial score (nSPS) is 17.1. The van der Waals surface area contributed by atoms with E-state index in [1.165, 1.54) is 32.1 Å². The summed E-state index contributed by atoms with van der Waals surface area (Å²) in [6.45, 7) is 14.3. The average molecular weight is 222 g/mol. The Balaban J connectivity index is 5.01. The Morgan fingerprint density at radius 2 is 1.31 bits per heavy atom. The molecule has 16 heavy (non-hydrogen) atoms. The molecular formula is C14H32B2. The molecule has 1 unspecified atom stereocenters. The molecule has 0 saturated carbocycles. The topological polar surface area (TPSA) is 0 Å². The van der Waals surface area contributed by atoms with Gasteiger partial charge in [0.1, 0.15) is 15.7 Å². The van der Waals surface area contributed by atoms with Gasteiger partial charge in [-0.15, -0.1) is 0 Å². The first kappa shape index (κ1) is 16.1. The molecule has 0 saturated heterocycles. The van der Waals surface area contributed by atoms with Crippen LogP contribution in [0.1, 0.15) is 73.6 Å². The molecule has 0 N–H and O–H groups in total. The van der Waals surface area contributed by atoms with Crippen LogP contribution in [0.5, 0.6) is 0 Å². The highest BCUT2D eigenvalue weighted by molar-refractivity contribution is 6.41. The lowest BCUT2D eigenvalue weighted by Gasteiger charge is -2.53. The second kappa shape index (κ2) is 5.65. The minimum absolute atomic E-state index is 0.380. The van der Waals surface area contributed by atoms with E-state index in [-0.39, 0.29) is 0 Å². The van der Waals surface area contributed by atoms with Crippen molar-refractivity contribution in [3.05, 3.63) is 0 Å². The SMILES string of the molecule is BC(B)(C(C)(C)C)C(C)(CCC)CCCC. The smallest absolute Gasteiger partial charge is 0.0747 e. The Bertz CT molecular complexity index is 203. The van der Waals surface area contributed by atoms with Gasteiger partial charge in [0.05, 0.1) is 0 Å². The molecule has 0 bridgehead atoms. The van der Waals surface area contributed by atoms with E-state index in [0.29, 0.717) is 16.0 Å². The van der Waals surface area contributed by atoms with E-state index in [0.717, 1.165) is 0 Å². The molecule has 0 rings (SSSR count). The number of hydrogen-bond acceptors (Lipinski definition) is 0. The molecule has 94 valence electrons. The van der Waals surface area contributed by atoms with Gasteiger partial charge in [-0.1, -0.05) is 66.0 Å². The second-order valence-corrected chi connectivity index (χ2v) is 7.29. The molecule has 0 aromatic carbocycles. The Morgan fingerprint density at radius 3 is 1.62 bits per heavy atom. The summed E-state index contributed by atoms with van der Waals surface area (Å²) in [5.74, 6) is 0. The molecule has 0 aromatic rings. The van der Waals surface area contributed by atoms with Crippen LogP contribution < -0.4 is 0 Å². The summed E-state index contributed by atoms with van der Waals surface area (Å²) in [6.07, 6.45) is 6.73. The van der Waals surface area contributed by atoms with Crippen molar-refractivity contribution in [2.24, 2.45) is 10.8 Å². The highest BCUT2D eigenvalue weighted by atomic mass is 14.4. The molecule has 0 fully saturated rings. The Labute approximate surface area is 106 Å². The third-order valence-electron chi connectivity index (χ3n) is 5.27. The van der Waals surface area contributed by atoms with Crippen LogP contribution in [-0.2, 0) is 0 Å². The van der Waals surface area contributed by atoms with Gasteiger partial charge in [0.15, 0.2) is 0 Å². The number of hydrogen-bond donors (Lipinski definition) is 0. The van der Waals surface area contributed by atoms with E-state index in [2.05, 4.69) is 57.2 Å². The molecule has 0 aromatic heterocycles. The summed E-state index contributed by atoms with van der Waals surface area (Å²) in [6, 6.07) is 0. The Hall–Kier alpha value is 0.130. The van der Waals surface area contributed by atoms with Gasteiger partial charge in [0.25, 0.3) is 0 Å². The summed E-state index contributed by atoms with van der Waals surface area (Å²) in [7, 11) is 4.94. The fourth-order valence-electron chi connectivity index (χ4n) is 2.77. The fourth-order valence-corrected chi connectivity index (χ4v) is 2.77. The van der Waals surface area contributed by atoms with Crippen molar-refractivity contribution >= 4 is 15.7 Å². The van der Waals surface area contributed by atoms with Gasteiger partial charge in [-0.25, -0.2) is 0 Å². The highest BCUT2D eigenvalue weighted by Crippen LogP contribution is 2.57. The lowest BCUT2D eigenvalue weighted by atomic mass is 9.33. The van der Waals surface area contributed by atoms with Gasteiger partial charge in [0, 0.05) is 0 Å². The maximum absolute atomic E-state index is 2.51. The number of rotatable bonds is 6. The predicted molar refractivity (Wildman–Crippen MR) is 81.8 cm³/mol. The maximum Gasteiger partial charge on any atom is 0.101 e. The molecule has 0 nitrogen and oxygen atoms in total. The standard InChI is InChI=1S/C14H32B2/c1-7-9-11-13(6,10-8-2)14(15,16)12(3,4)5/h7-11,15-16H2,1-6H3. The lowest BCUT2D eigenvalue weighted by molar-refractivity contribution is 0.130. The Kier molecular flexibility index (Phi) is 5.69. The van der Waals surface area contributed by atoms with E-state index < -0.39 is 0 Å². The van der Waals surface area contributed by atoms with E-state index >= 15 is 0 Å². The largest absolute Gasteiger partial charge is 0.101 e. The Morgan fingerprint density at radius 1 is 0.812 bits per heavy atom. The molecular weight excluding hydrogens is 190 g/mol. The van der Waals surface area contributed by atoms with Crippen molar-refractivity contribution in [2.45, 2.75) is 78.9 Å². The first-order valence-electron chi connectivity index (χ1n) is 7.12. The third-order valence-corrected chi connectivity index (χ3v) is 5.27. The molecule has 0 aliphatic heterocycles. The predicted octanol–water partition coefficient (Wildman–Crippen LogP) is 3.41. The summed E-state index contributed by atoms with van der Waals surface area (Å²) >= 11 is 0. The summed E-state index contributed by atoms with van der Waals surface area (Å²) in [4.78, 5) is 0. The van der Waals surface area contributed by atoms with Crippen molar-refractivity contribution in [3.63, 3.8) is 0 Å². The first-order chi connectivity index (χ1) is 7.12. The van der Waals surface area contributed by atoms with Crippen molar-refractivity contribution in [2.75, 3.05) is 0 Å². The van der Waals surface area contributed by atoms with Crippen LogP contribution in [0.15, 0.2) is 0 Å². The molecule has 0 aliphatic carbocycles. The van der Waals surface area contributed by atoms with E-state index in [1.807, 2.05) is 0 Å². The monoisotopic (exact) mass is 222 g/mol. The third kappa shape index (κ3) is 3.31. The van der Waals surface area contributed by atoms with E-state index in [4.69, 9.17) is 0 Å². The van der Waals surface area contributed by atoms with Crippen molar-refractivity contribution in [1.82, 2.24) is 0 Å². The van der Waals surface area contributed by atoms with Crippen LogP contribution >= 0.6 is 0 Å². The summed E-state index contributed by atoms with van der Waals surface area (Å²) in [5.41, 5.74) is 0.862. The van der Waals surface area contributed by atoms with E-state index in [1.54, 1.807) is 0 Å². The van der Waals surface area contributed by atoms with Crippen molar-refractivity contribution in [1.29, 1.82) is 0 Å². The molecule has 0 heterocycles. The number of unbranched alkanes of at least 4 members (excludes halogenated alkanes) is 1.